The molecule has 3 N–H and O–H groups in total. The van der Waals surface area contributed by atoms with E-state index in [1.807, 2.05) is 12.2 Å². The fourth-order valence-corrected chi connectivity index (χ4v) is 1.60. The molecule has 104 valence electrons. The summed E-state index contributed by atoms with van der Waals surface area (Å²) in [6.07, 6.45) is 7.21. The Bertz CT molecular complexity index is 309. The highest BCUT2D eigenvalue weighted by Gasteiger charge is 2.22. The highest BCUT2D eigenvalue weighted by atomic mass is 16.1. The SMILES string of the molecule is CN[C@@H](C/C=C/CCC[C@](C)(N)C(C)=O)C(C)=O. The monoisotopic (exact) mass is 254 g/mol. The molecule has 0 heterocycles. The predicted molar refractivity (Wildman–Crippen MR) is 74.4 cm³/mol. The fraction of sp³-hybridized carbons (Fsp3) is 0.714. The Balaban J connectivity index is 3.85. The second kappa shape index (κ2) is 8.16. The highest BCUT2D eigenvalue weighted by Crippen LogP contribution is 2.12. The van der Waals surface area contributed by atoms with E-state index in [-0.39, 0.29) is 17.6 Å². The van der Waals surface area contributed by atoms with Crippen molar-refractivity contribution >= 4 is 11.6 Å². The van der Waals surface area contributed by atoms with Crippen LogP contribution in [-0.4, -0.2) is 30.2 Å². The van der Waals surface area contributed by atoms with Crippen LogP contribution in [0.4, 0.5) is 0 Å². The molecule has 0 saturated heterocycles. The second-order valence-corrected chi connectivity index (χ2v) is 5.02. The predicted octanol–water partition coefficient (Wildman–Crippen LogP) is 1.59. The molecule has 4 nitrogen and oxygen atoms in total. The smallest absolute Gasteiger partial charge is 0.149 e. The summed E-state index contributed by atoms with van der Waals surface area (Å²) in [4.78, 5) is 22.4. The first-order valence-corrected chi connectivity index (χ1v) is 6.44. The van der Waals surface area contributed by atoms with E-state index in [0.717, 1.165) is 12.8 Å². The lowest BCUT2D eigenvalue weighted by Crippen LogP contribution is -2.43. The summed E-state index contributed by atoms with van der Waals surface area (Å²) >= 11 is 0. The number of carbonyl (C=O) groups is 2. The van der Waals surface area contributed by atoms with Gasteiger partial charge in [0.1, 0.15) is 11.6 Å². The van der Waals surface area contributed by atoms with E-state index >= 15 is 0 Å². The number of hydrogen-bond acceptors (Lipinski definition) is 4. The molecule has 0 radical (unpaired) electrons. The van der Waals surface area contributed by atoms with Gasteiger partial charge in [0.15, 0.2) is 0 Å². The minimum atomic E-state index is -0.708. The van der Waals surface area contributed by atoms with E-state index in [1.54, 1.807) is 20.9 Å². The summed E-state index contributed by atoms with van der Waals surface area (Å²) in [5.41, 5.74) is 5.15. The van der Waals surface area contributed by atoms with Crippen LogP contribution in [-0.2, 0) is 9.59 Å². The first-order valence-electron chi connectivity index (χ1n) is 6.44. The number of unbranched alkanes of at least 4 members (excludes halogenated alkanes) is 1. The summed E-state index contributed by atoms with van der Waals surface area (Å²) in [6, 6.07) is -0.0988. The molecule has 0 bridgehead atoms. The van der Waals surface area contributed by atoms with Gasteiger partial charge in [-0.05, 0) is 53.5 Å². The number of Topliss-reactive ketones (excluding diaryl/α,β-unsaturated/α-hetero) is 2. The van der Waals surface area contributed by atoms with Crippen LogP contribution in [0.5, 0.6) is 0 Å². The molecule has 0 aliphatic rings. The molecule has 0 saturated carbocycles. The molecule has 0 fully saturated rings. The zero-order valence-corrected chi connectivity index (χ0v) is 12.0. The first-order chi connectivity index (χ1) is 8.31. The van der Waals surface area contributed by atoms with Crippen LogP contribution in [0.2, 0.25) is 0 Å². The van der Waals surface area contributed by atoms with E-state index in [2.05, 4.69) is 5.32 Å². The van der Waals surface area contributed by atoms with Gasteiger partial charge in [-0.25, -0.2) is 0 Å². The number of likely N-dealkylation sites (N-methyl/N-ethyl adjacent to an activating group) is 1. The number of nitrogens with two attached hydrogens (primary N) is 1. The number of allylic oxidation sites excluding steroid dienone is 1. The number of nitrogens with one attached hydrogen (secondary N) is 1. The fourth-order valence-electron chi connectivity index (χ4n) is 1.60. The van der Waals surface area contributed by atoms with Crippen molar-refractivity contribution in [3.05, 3.63) is 12.2 Å². The normalized spacial score (nSPS) is 16.5. The van der Waals surface area contributed by atoms with Gasteiger partial charge in [-0.3, -0.25) is 9.59 Å². The average molecular weight is 254 g/mol. The first kappa shape index (κ1) is 17.0. The van der Waals surface area contributed by atoms with Gasteiger partial charge in [0.25, 0.3) is 0 Å². The molecule has 0 spiro atoms. The molecular weight excluding hydrogens is 228 g/mol. The van der Waals surface area contributed by atoms with E-state index in [0.29, 0.717) is 12.8 Å². The van der Waals surface area contributed by atoms with Crippen molar-refractivity contribution in [2.75, 3.05) is 7.05 Å². The maximum atomic E-state index is 11.2. The third-order valence-electron chi connectivity index (χ3n) is 3.25. The molecule has 0 aromatic rings. The van der Waals surface area contributed by atoms with Gasteiger partial charge in [-0.2, -0.15) is 0 Å². The number of carbonyl (C=O) groups excluding carboxylic acids is 2. The van der Waals surface area contributed by atoms with Crippen LogP contribution in [0.1, 0.15) is 46.5 Å². The van der Waals surface area contributed by atoms with Crippen molar-refractivity contribution in [1.29, 1.82) is 0 Å². The highest BCUT2D eigenvalue weighted by molar-refractivity contribution is 5.85. The Kier molecular flexibility index (Phi) is 7.71. The maximum Gasteiger partial charge on any atom is 0.149 e. The Labute approximate surface area is 110 Å². The van der Waals surface area contributed by atoms with Gasteiger partial charge in [0.05, 0.1) is 11.6 Å². The molecule has 2 atom stereocenters. The largest absolute Gasteiger partial charge is 0.319 e. The van der Waals surface area contributed by atoms with Gasteiger partial charge >= 0.3 is 0 Å². The van der Waals surface area contributed by atoms with Gasteiger partial charge in [0, 0.05) is 0 Å². The van der Waals surface area contributed by atoms with Gasteiger partial charge < -0.3 is 11.1 Å². The molecule has 0 aliphatic heterocycles. The molecule has 4 heteroatoms. The summed E-state index contributed by atoms with van der Waals surface area (Å²) in [7, 11) is 1.78. The topological polar surface area (TPSA) is 72.2 Å². The molecular formula is C14H26N2O2. The Hall–Kier alpha value is -1.00. The number of rotatable bonds is 9. The van der Waals surface area contributed by atoms with Crippen LogP contribution in [0.15, 0.2) is 12.2 Å². The summed E-state index contributed by atoms with van der Waals surface area (Å²) < 4.78 is 0. The van der Waals surface area contributed by atoms with Crippen molar-refractivity contribution in [2.24, 2.45) is 5.73 Å². The minimum absolute atomic E-state index is 0.0262. The molecule has 0 rings (SSSR count). The molecule has 0 unspecified atom stereocenters. The van der Waals surface area contributed by atoms with Crippen LogP contribution >= 0.6 is 0 Å². The Morgan fingerprint density at radius 1 is 1.33 bits per heavy atom. The van der Waals surface area contributed by atoms with E-state index in [1.165, 1.54) is 6.92 Å². The van der Waals surface area contributed by atoms with Crippen molar-refractivity contribution < 1.29 is 9.59 Å². The zero-order chi connectivity index (χ0) is 14.2. The van der Waals surface area contributed by atoms with Crippen molar-refractivity contribution in [1.82, 2.24) is 5.32 Å². The molecule has 0 aliphatic carbocycles. The standard InChI is InChI=1S/C14H26N2O2/c1-11(17)13(16-4)9-7-5-6-8-10-14(3,15)12(2)18/h5,7,13,16H,6,8-10,15H2,1-4H3/b7-5+/t13-,14-/m0/s1. The zero-order valence-electron chi connectivity index (χ0n) is 12.0. The molecule has 0 amide bonds. The lowest BCUT2D eigenvalue weighted by atomic mass is 9.92. The van der Waals surface area contributed by atoms with Crippen LogP contribution in [0.25, 0.3) is 0 Å². The lowest BCUT2D eigenvalue weighted by molar-refractivity contribution is -0.121. The van der Waals surface area contributed by atoms with Crippen LogP contribution < -0.4 is 11.1 Å². The second-order valence-electron chi connectivity index (χ2n) is 5.02. The van der Waals surface area contributed by atoms with Crippen molar-refractivity contribution in [3.63, 3.8) is 0 Å². The lowest BCUT2D eigenvalue weighted by Gasteiger charge is -2.20. The van der Waals surface area contributed by atoms with Gasteiger partial charge in [0.2, 0.25) is 0 Å². The van der Waals surface area contributed by atoms with Gasteiger partial charge in [-0.1, -0.05) is 12.2 Å². The van der Waals surface area contributed by atoms with Crippen molar-refractivity contribution in [2.45, 2.75) is 58.0 Å². The number of hydrogen-bond donors (Lipinski definition) is 2. The van der Waals surface area contributed by atoms with E-state index in [4.69, 9.17) is 5.73 Å². The summed E-state index contributed by atoms with van der Waals surface area (Å²) in [5.74, 6) is 0.173. The van der Waals surface area contributed by atoms with Crippen molar-refractivity contribution in [3.8, 4) is 0 Å². The molecule has 0 aromatic heterocycles. The third kappa shape index (κ3) is 6.67. The third-order valence-corrected chi connectivity index (χ3v) is 3.25. The quantitative estimate of drug-likeness (QED) is 0.484. The van der Waals surface area contributed by atoms with Crippen LogP contribution in [0, 0.1) is 0 Å². The minimum Gasteiger partial charge on any atom is -0.319 e. The molecule has 0 aromatic carbocycles. The van der Waals surface area contributed by atoms with E-state index < -0.39 is 5.54 Å². The van der Waals surface area contributed by atoms with Crippen LogP contribution in [0.3, 0.4) is 0 Å². The Morgan fingerprint density at radius 2 is 1.94 bits per heavy atom. The Morgan fingerprint density at radius 3 is 2.39 bits per heavy atom. The maximum absolute atomic E-state index is 11.2. The van der Waals surface area contributed by atoms with Gasteiger partial charge in [-0.15, -0.1) is 0 Å². The van der Waals surface area contributed by atoms with E-state index in [9.17, 15) is 9.59 Å². The summed E-state index contributed by atoms with van der Waals surface area (Å²) in [5, 5.41) is 2.97. The average Bonchev–Trinajstić information content (AvgIpc) is 2.27. The molecule has 18 heavy (non-hydrogen) atoms. The summed E-state index contributed by atoms with van der Waals surface area (Å²) in [6.45, 7) is 4.88. The number of ketones is 2.